The summed E-state index contributed by atoms with van der Waals surface area (Å²) in [7, 11) is 1.79. The second-order valence-electron chi connectivity index (χ2n) is 4.70. The molecule has 3 heterocycles. The van der Waals surface area contributed by atoms with E-state index in [9.17, 15) is 4.79 Å². The maximum absolute atomic E-state index is 12.7. The zero-order valence-electron chi connectivity index (χ0n) is 11.6. The van der Waals surface area contributed by atoms with Crippen molar-refractivity contribution >= 4 is 44.5 Å². The molecule has 108 valence electrons. The Balaban J connectivity index is 1.95. The number of amides is 1. The summed E-state index contributed by atoms with van der Waals surface area (Å²) in [5.74, 6) is -0.0867. The molecule has 0 aliphatic rings. The summed E-state index contributed by atoms with van der Waals surface area (Å²) < 4.78 is 0. The Morgan fingerprint density at radius 1 is 1.43 bits per heavy atom. The molecule has 0 aliphatic carbocycles. The van der Waals surface area contributed by atoms with Crippen LogP contribution in [0, 0.1) is 0 Å². The van der Waals surface area contributed by atoms with Crippen molar-refractivity contribution in [3.05, 3.63) is 39.5 Å². The highest BCUT2D eigenvalue weighted by atomic mass is 32.1. The number of nitrogens with zero attached hydrogens (tertiary/aromatic N) is 3. The number of hydrogen-bond acceptors (Lipinski definition) is 6. The van der Waals surface area contributed by atoms with Crippen molar-refractivity contribution in [2.75, 3.05) is 12.8 Å². The maximum Gasteiger partial charge on any atom is 0.266 e. The van der Waals surface area contributed by atoms with E-state index in [1.807, 2.05) is 24.4 Å². The lowest BCUT2D eigenvalue weighted by Crippen LogP contribution is -2.29. The van der Waals surface area contributed by atoms with Crippen molar-refractivity contribution < 1.29 is 4.79 Å². The largest absolute Gasteiger partial charge is 0.397 e. The molecule has 0 aliphatic heterocycles. The van der Waals surface area contributed by atoms with Gasteiger partial charge in [-0.25, -0.2) is 0 Å². The van der Waals surface area contributed by atoms with Gasteiger partial charge in [-0.3, -0.25) is 4.79 Å². The Morgan fingerprint density at radius 3 is 2.90 bits per heavy atom. The number of nitrogens with two attached hydrogens (primary N) is 1. The fourth-order valence-electron chi connectivity index (χ4n) is 2.09. The minimum Gasteiger partial charge on any atom is -0.397 e. The van der Waals surface area contributed by atoms with Gasteiger partial charge in [-0.05, 0) is 24.4 Å². The molecule has 0 bridgehead atoms. The van der Waals surface area contributed by atoms with Crippen LogP contribution in [0.25, 0.3) is 10.2 Å². The molecule has 1 unspecified atom stereocenters. The highest BCUT2D eigenvalue weighted by molar-refractivity contribution is 7.21. The van der Waals surface area contributed by atoms with Crippen LogP contribution < -0.4 is 5.73 Å². The fourth-order valence-corrected chi connectivity index (χ4v) is 3.93. The summed E-state index contributed by atoms with van der Waals surface area (Å²) in [5, 5.41) is 10.6. The molecular formula is C14H14N4OS2. The SMILES string of the molecule is CC(c1cccs1)N(C)C(=O)c1sc2nnccc2c1N. The molecule has 3 rings (SSSR count). The number of aromatic nitrogens is 2. The predicted octanol–water partition coefficient (Wildman–Crippen LogP) is 3.17. The van der Waals surface area contributed by atoms with Gasteiger partial charge in [0.1, 0.15) is 9.71 Å². The molecular weight excluding hydrogens is 304 g/mol. The van der Waals surface area contributed by atoms with E-state index in [2.05, 4.69) is 10.2 Å². The first-order chi connectivity index (χ1) is 10.1. The molecule has 7 heteroatoms. The van der Waals surface area contributed by atoms with Gasteiger partial charge in [-0.2, -0.15) is 5.10 Å². The van der Waals surface area contributed by atoms with E-state index in [1.54, 1.807) is 35.5 Å². The van der Waals surface area contributed by atoms with E-state index in [1.165, 1.54) is 11.3 Å². The highest BCUT2D eigenvalue weighted by Gasteiger charge is 2.24. The first-order valence-electron chi connectivity index (χ1n) is 6.40. The molecule has 2 N–H and O–H groups in total. The quantitative estimate of drug-likeness (QED) is 0.805. The van der Waals surface area contributed by atoms with Crippen molar-refractivity contribution in [2.24, 2.45) is 0 Å². The third-order valence-corrected chi connectivity index (χ3v) is 5.61. The smallest absolute Gasteiger partial charge is 0.266 e. The Kier molecular flexibility index (Phi) is 3.60. The summed E-state index contributed by atoms with van der Waals surface area (Å²) in [6.45, 7) is 2.01. The van der Waals surface area contributed by atoms with Gasteiger partial charge >= 0.3 is 0 Å². The van der Waals surface area contributed by atoms with Crippen molar-refractivity contribution in [3.8, 4) is 0 Å². The number of thiophene rings is 2. The number of nitrogen functional groups attached to an aromatic ring is 1. The minimum atomic E-state index is -0.0867. The number of anilines is 1. The lowest BCUT2D eigenvalue weighted by Gasteiger charge is -2.23. The Bertz CT molecular complexity index is 781. The number of fused-ring (bicyclic) bond motifs is 1. The Morgan fingerprint density at radius 2 is 2.24 bits per heavy atom. The molecule has 1 amide bonds. The lowest BCUT2D eigenvalue weighted by atomic mass is 10.2. The van der Waals surface area contributed by atoms with Crippen LogP contribution in [0.2, 0.25) is 0 Å². The van der Waals surface area contributed by atoms with Crippen LogP contribution in [0.1, 0.15) is 27.5 Å². The van der Waals surface area contributed by atoms with Gasteiger partial charge in [0.2, 0.25) is 0 Å². The summed E-state index contributed by atoms with van der Waals surface area (Å²) >= 11 is 2.93. The van der Waals surface area contributed by atoms with Gasteiger partial charge in [-0.1, -0.05) is 6.07 Å². The average molecular weight is 318 g/mol. The van der Waals surface area contributed by atoms with E-state index in [4.69, 9.17) is 5.73 Å². The van der Waals surface area contributed by atoms with Crippen molar-refractivity contribution in [3.63, 3.8) is 0 Å². The number of hydrogen-bond donors (Lipinski definition) is 1. The minimum absolute atomic E-state index is 0.00759. The van der Waals surface area contributed by atoms with Crippen LogP contribution >= 0.6 is 22.7 Å². The second-order valence-corrected chi connectivity index (χ2v) is 6.68. The summed E-state index contributed by atoms with van der Waals surface area (Å²) in [5.41, 5.74) is 6.58. The molecule has 0 radical (unpaired) electrons. The monoisotopic (exact) mass is 318 g/mol. The molecule has 5 nitrogen and oxygen atoms in total. The lowest BCUT2D eigenvalue weighted by molar-refractivity contribution is 0.0751. The van der Waals surface area contributed by atoms with E-state index >= 15 is 0 Å². The van der Waals surface area contributed by atoms with Gasteiger partial charge in [0.05, 0.1) is 17.9 Å². The third kappa shape index (κ3) is 2.38. The molecule has 3 aromatic rings. The number of carbonyl (C=O) groups is 1. The molecule has 1 atom stereocenters. The molecule has 0 aromatic carbocycles. The maximum atomic E-state index is 12.7. The molecule has 3 aromatic heterocycles. The van der Waals surface area contributed by atoms with Gasteiger partial charge in [0.15, 0.2) is 0 Å². The topological polar surface area (TPSA) is 72.1 Å². The fraction of sp³-hybridized carbons (Fsp3) is 0.214. The van der Waals surface area contributed by atoms with Gasteiger partial charge in [0, 0.05) is 17.3 Å². The standard InChI is InChI=1S/C14H14N4OS2/c1-8(10-4-3-7-20-10)18(2)14(19)12-11(15)9-5-6-16-17-13(9)21-12/h3-8H,15H2,1-2H3. The first kappa shape index (κ1) is 14.0. The predicted molar refractivity (Wildman–Crippen MR) is 86.7 cm³/mol. The van der Waals surface area contributed by atoms with E-state index in [-0.39, 0.29) is 11.9 Å². The summed E-state index contributed by atoms with van der Waals surface area (Å²) in [4.78, 5) is 16.8. The van der Waals surface area contributed by atoms with Crippen molar-refractivity contribution in [2.45, 2.75) is 13.0 Å². The normalized spacial score (nSPS) is 12.5. The van der Waals surface area contributed by atoms with Crippen LogP contribution in [0.4, 0.5) is 5.69 Å². The molecule has 21 heavy (non-hydrogen) atoms. The van der Waals surface area contributed by atoms with Gasteiger partial charge in [0.25, 0.3) is 5.91 Å². The Hall–Kier alpha value is -1.99. The zero-order chi connectivity index (χ0) is 15.0. The van der Waals surface area contributed by atoms with Crippen LogP contribution in [0.15, 0.2) is 29.8 Å². The second kappa shape index (κ2) is 5.42. The van der Waals surface area contributed by atoms with E-state index < -0.39 is 0 Å². The first-order valence-corrected chi connectivity index (χ1v) is 8.09. The van der Waals surface area contributed by atoms with Crippen molar-refractivity contribution in [1.82, 2.24) is 15.1 Å². The summed E-state index contributed by atoms with van der Waals surface area (Å²) in [6.07, 6.45) is 1.58. The van der Waals surface area contributed by atoms with Crippen LogP contribution in [0.3, 0.4) is 0 Å². The highest BCUT2D eigenvalue weighted by Crippen LogP contribution is 2.34. The van der Waals surface area contributed by atoms with E-state index in [0.29, 0.717) is 15.4 Å². The molecule has 0 spiro atoms. The Labute approximate surface area is 130 Å². The van der Waals surface area contributed by atoms with Crippen LogP contribution in [0.5, 0.6) is 0 Å². The van der Waals surface area contributed by atoms with E-state index in [0.717, 1.165) is 10.3 Å². The molecule has 0 saturated carbocycles. The zero-order valence-corrected chi connectivity index (χ0v) is 13.2. The van der Waals surface area contributed by atoms with Crippen LogP contribution in [-0.4, -0.2) is 28.1 Å². The molecule has 0 saturated heterocycles. The van der Waals surface area contributed by atoms with Crippen molar-refractivity contribution in [1.29, 1.82) is 0 Å². The number of carbonyl (C=O) groups excluding carboxylic acids is 1. The molecule has 0 fully saturated rings. The average Bonchev–Trinajstić information content (AvgIpc) is 3.14. The number of rotatable bonds is 3. The van der Waals surface area contributed by atoms with Crippen LogP contribution in [-0.2, 0) is 0 Å². The summed E-state index contributed by atoms with van der Waals surface area (Å²) in [6, 6.07) is 5.80. The third-order valence-electron chi connectivity index (χ3n) is 3.47. The van der Waals surface area contributed by atoms with Gasteiger partial charge in [-0.15, -0.1) is 27.8 Å². The van der Waals surface area contributed by atoms with Gasteiger partial charge < -0.3 is 10.6 Å².